The van der Waals surface area contributed by atoms with Gasteiger partial charge < -0.3 is 16.2 Å². The van der Waals surface area contributed by atoms with Crippen molar-refractivity contribution in [3.8, 4) is 0 Å². The molecule has 0 aromatic carbocycles. The highest BCUT2D eigenvalue weighted by Gasteiger charge is 2.07. The molecular formula is C11H11N3O4. The molecule has 0 aliphatic rings. The van der Waals surface area contributed by atoms with E-state index in [9.17, 15) is 14.4 Å². The number of hydrogen-bond acceptors (Lipinski definition) is 4. The van der Waals surface area contributed by atoms with Gasteiger partial charge >= 0.3 is 5.97 Å². The van der Waals surface area contributed by atoms with E-state index >= 15 is 0 Å². The van der Waals surface area contributed by atoms with Gasteiger partial charge in [-0.3, -0.25) is 14.6 Å². The third kappa shape index (κ3) is 4.44. The highest BCUT2D eigenvalue weighted by molar-refractivity contribution is 5.94. The van der Waals surface area contributed by atoms with Crippen LogP contribution in [0.3, 0.4) is 0 Å². The van der Waals surface area contributed by atoms with Crippen LogP contribution in [0.2, 0.25) is 0 Å². The standard InChI is InChI=1S/C11H11N3O4/c12-9(15)6-14-11(18)8-3-1-7(5-13-8)2-4-10(16)17/h1-5H,6H2,(H2,12,15)(H,14,18)(H,16,17)/b4-2+. The highest BCUT2D eigenvalue weighted by atomic mass is 16.4. The molecule has 0 atom stereocenters. The van der Waals surface area contributed by atoms with Gasteiger partial charge in [-0.05, 0) is 17.7 Å². The molecule has 0 fully saturated rings. The number of aliphatic carboxylic acids is 1. The first-order valence-electron chi connectivity index (χ1n) is 4.92. The Balaban J connectivity index is 2.67. The third-order valence-electron chi connectivity index (χ3n) is 1.86. The Kier molecular flexibility index (Phi) is 4.56. The van der Waals surface area contributed by atoms with Gasteiger partial charge in [-0.1, -0.05) is 6.07 Å². The number of carbonyl (C=O) groups excluding carboxylic acids is 2. The van der Waals surface area contributed by atoms with Crippen LogP contribution in [0.15, 0.2) is 24.4 Å². The predicted octanol–water partition coefficient (Wildman–Crippen LogP) is -0.605. The summed E-state index contributed by atoms with van der Waals surface area (Å²) in [5.41, 5.74) is 5.53. The molecule has 1 heterocycles. The zero-order valence-electron chi connectivity index (χ0n) is 9.29. The zero-order valence-corrected chi connectivity index (χ0v) is 9.29. The van der Waals surface area contributed by atoms with Gasteiger partial charge in [-0.2, -0.15) is 0 Å². The van der Waals surface area contributed by atoms with Crippen molar-refractivity contribution in [3.05, 3.63) is 35.7 Å². The first-order valence-corrected chi connectivity index (χ1v) is 4.92. The van der Waals surface area contributed by atoms with Crippen molar-refractivity contribution in [2.45, 2.75) is 0 Å². The van der Waals surface area contributed by atoms with Gasteiger partial charge in [-0.15, -0.1) is 0 Å². The number of nitrogens with two attached hydrogens (primary N) is 1. The fourth-order valence-corrected chi connectivity index (χ4v) is 1.06. The SMILES string of the molecule is NC(=O)CNC(=O)c1ccc(/C=C/C(=O)O)cn1. The van der Waals surface area contributed by atoms with E-state index in [4.69, 9.17) is 10.8 Å². The van der Waals surface area contributed by atoms with Crippen LogP contribution < -0.4 is 11.1 Å². The summed E-state index contributed by atoms with van der Waals surface area (Å²) in [6.45, 7) is -0.263. The molecule has 0 aliphatic heterocycles. The third-order valence-corrected chi connectivity index (χ3v) is 1.86. The normalized spacial score (nSPS) is 10.2. The number of hydrogen-bond donors (Lipinski definition) is 3. The maximum absolute atomic E-state index is 11.4. The second kappa shape index (κ2) is 6.14. The van der Waals surface area contributed by atoms with Gasteiger partial charge in [0.05, 0.1) is 6.54 Å². The smallest absolute Gasteiger partial charge is 0.328 e. The Labute approximate surface area is 102 Å². The molecule has 94 valence electrons. The first-order chi connectivity index (χ1) is 8.49. The molecule has 0 aliphatic carbocycles. The number of nitrogens with zero attached hydrogens (tertiary/aromatic N) is 1. The molecule has 18 heavy (non-hydrogen) atoms. The number of carboxylic acids is 1. The van der Waals surface area contributed by atoms with Crippen molar-refractivity contribution in [1.29, 1.82) is 0 Å². The van der Waals surface area contributed by atoms with Gasteiger partial charge in [0.15, 0.2) is 0 Å². The van der Waals surface area contributed by atoms with E-state index in [0.717, 1.165) is 6.08 Å². The number of carboxylic acid groups (broad SMARTS) is 1. The summed E-state index contributed by atoms with van der Waals surface area (Å²) < 4.78 is 0. The highest BCUT2D eigenvalue weighted by Crippen LogP contribution is 2.02. The fraction of sp³-hybridized carbons (Fsp3) is 0.0909. The number of pyridine rings is 1. The zero-order chi connectivity index (χ0) is 13.5. The van der Waals surface area contributed by atoms with Crippen molar-refractivity contribution in [2.75, 3.05) is 6.54 Å². The number of rotatable bonds is 5. The van der Waals surface area contributed by atoms with Crippen molar-refractivity contribution in [2.24, 2.45) is 5.73 Å². The van der Waals surface area contributed by atoms with E-state index in [0.29, 0.717) is 5.56 Å². The van der Waals surface area contributed by atoms with Gasteiger partial charge in [0.1, 0.15) is 5.69 Å². The van der Waals surface area contributed by atoms with Gasteiger partial charge in [-0.25, -0.2) is 4.79 Å². The molecule has 2 amide bonds. The Morgan fingerprint density at radius 2 is 2.11 bits per heavy atom. The number of amides is 2. The summed E-state index contributed by atoms with van der Waals surface area (Å²) >= 11 is 0. The van der Waals surface area contributed by atoms with Crippen LogP contribution in [0.25, 0.3) is 6.08 Å². The Morgan fingerprint density at radius 3 is 2.61 bits per heavy atom. The summed E-state index contributed by atoms with van der Waals surface area (Å²) in [6, 6.07) is 2.95. The molecule has 1 aromatic heterocycles. The van der Waals surface area contributed by atoms with E-state index in [1.807, 2.05) is 0 Å². The molecule has 1 aromatic rings. The molecule has 7 nitrogen and oxygen atoms in total. The van der Waals surface area contributed by atoms with E-state index in [-0.39, 0.29) is 12.2 Å². The molecule has 0 radical (unpaired) electrons. The molecule has 0 saturated carbocycles. The van der Waals surface area contributed by atoms with E-state index in [2.05, 4.69) is 10.3 Å². The van der Waals surface area contributed by atoms with Crippen LogP contribution in [0.1, 0.15) is 16.1 Å². The number of nitrogens with one attached hydrogen (secondary N) is 1. The van der Waals surface area contributed by atoms with Gasteiger partial charge in [0.2, 0.25) is 5.91 Å². The van der Waals surface area contributed by atoms with Crippen LogP contribution >= 0.6 is 0 Å². The number of aromatic nitrogens is 1. The van der Waals surface area contributed by atoms with Gasteiger partial charge in [0.25, 0.3) is 5.91 Å². The first kappa shape index (κ1) is 13.4. The molecular weight excluding hydrogens is 238 g/mol. The van der Waals surface area contributed by atoms with Crippen LogP contribution in [0.5, 0.6) is 0 Å². The quantitative estimate of drug-likeness (QED) is 0.601. The maximum atomic E-state index is 11.4. The second-order valence-corrected chi connectivity index (χ2v) is 3.30. The predicted molar refractivity (Wildman–Crippen MR) is 62.4 cm³/mol. The monoisotopic (exact) mass is 249 g/mol. The molecule has 0 spiro atoms. The molecule has 0 unspecified atom stereocenters. The van der Waals surface area contributed by atoms with Crippen LogP contribution in [0, 0.1) is 0 Å². The van der Waals surface area contributed by atoms with Crippen LogP contribution in [-0.4, -0.2) is 34.4 Å². The second-order valence-electron chi connectivity index (χ2n) is 3.30. The van der Waals surface area contributed by atoms with E-state index in [1.54, 1.807) is 0 Å². The van der Waals surface area contributed by atoms with Gasteiger partial charge in [0, 0.05) is 12.3 Å². The van der Waals surface area contributed by atoms with Crippen molar-refractivity contribution in [1.82, 2.24) is 10.3 Å². The molecule has 4 N–H and O–H groups in total. The summed E-state index contributed by atoms with van der Waals surface area (Å²) in [6.07, 6.45) is 3.66. The Bertz CT molecular complexity index is 494. The van der Waals surface area contributed by atoms with E-state index < -0.39 is 17.8 Å². The minimum absolute atomic E-state index is 0.115. The average molecular weight is 249 g/mol. The number of carbonyl (C=O) groups is 3. The molecule has 0 bridgehead atoms. The summed E-state index contributed by atoms with van der Waals surface area (Å²) in [4.78, 5) is 36.0. The Hall–Kier alpha value is -2.70. The number of primary amides is 1. The molecule has 7 heteroatoms. The van der Waals surface area contributed by atoms with Crippen molar-refractivity contribution >= 4 is 23.9 Å². The lowest BCUT2D eigenvalue weighted by molar-refractivity contribution is -0.131. The van der Waals surface area contributed by atoms with Crippen LogP contribution in [0.4, 0.5) is 0 Å². The van der Waals surface area contributed by atoms with Crippen LogP contribution in [-0.2, 0) is 9.59 Å². The molecule has 1 rings (SSSR count). The summed E-state index contributed by atoms with van der Waals surface area (Å²) in [5, 5.41) is 10.7. The fourth-order valence-electron chi connectivity index (χ4n) is 1.06. The lowest BCUT2D eigenvalue weighted by Gasteiger charge is -2.01. The van der Waals surface area contributed by atoms with E-state index in [1.165, 1.54) is 24.4 Å². The lowest BCUT2D eigenvalue weighted by Crippen LogP contribution is -2.33. The minimum Gasteiger partial charge on any atom is -0.478 e. The largest absolute Gasteiger partial charge is 0.478 e. The van der Waals surface area contributed by atoms with Crippen molar-refractivity contribution < 1.29 is 19.5 Å². The Morgan fingerprint density at radius 1 is 1.39 bits per heavy atom. The topological polar surface area (TPSA) is 122 Å². The van der Waals surface area contributed by atoms with Crippen molar-refractivity contribution in [3.63, 3.8) is 0 Å². The minimum atomic E-state index is -1.07. The summed E-state index contributed by atoms with van der Waals surface area (Å²) in [5.74, 6) is -2.25. The lowest BCUT2D eigenvalue weighted by atomic mass is 10.2. The average Bonchev–Trinajstić information content (AvgIpc) is 2.34. The molecule has 0 saturated heterocycles. The maximum Gasteiger partial charge on any atom is 0.328 e. The summed E-state index contributed by atoms with van der Waals surface area (Å²) in [7, 11) is 0.